The first-order chi connectivity index (χ1) is 6.99. The van der Waals surface area contributed by atoms with Gasteiger partial charge in [0.1, 0.15) is 11.2 Å². The van der Waals surface area contributed by atoms with E-state index in [0.717, 1.165) is 0 Å². The molecule has 0 saturated carbocycles. The van der Waals surface area contributed by atoms with E-state index in [9.17, 15) is 9.59 Å². The molecule has 0 aromatic heterocycles. The van der Waals surface area contributed by atoms with E-state index in [1.807, 2.05) is 0 Å². The maximum Gasteiger partial charge on any atom is 0.333 e. The zero-order chi connectivity index (χ0) is 13.1. The Morgan fingerprint density at radius 3 is 1.62 bits per heavy atom. The smallest absolute Gasteiger partial charge is 0.333 e. The first-order valence-electron chi connectivity index (χ1n) is 5.08. The largest absolute Gasteiger partial charge is 0.456 e. The normalized spacial score (nSPS) is 11.9. The average molecular weight is 228 g/mol. The maximum atomic E-state index is 11.4. The van der Waals surface area contributed by atoms with Crippen LogP contribution in [0.5, 0.6) is 0 Å². The van der Waals surface area contributed by atoms with E-state index in [1.54, 1.807) is 34.6 Å². The lowest BCUT2D eigenvalue weighted by atomic mass is 9.89. The highest BCUT2D eigenvalue weighted by Gasteiger charge is 2.43. The van der Waals surface area contributed by atoms with Gasteiger partial charge in [0.2, 0.25) is 0 Å². The van der Waals surface area contributed by atoms with Gasteiger partial charge < -0.3 is 9.47 Å². The van der Waals surface area contributed by atoms with Gasteiger partial charge in [0.05, 0.1) is 0 Å². The molecule has 0 bridgehead atoms. The predicted octanol–water partition coefficient (Wildman–Crippen LogP) is 2.23. The lowest BCUT2D eigenvalue weighted by molar-refractivity contribution is -0.195. The number of esters is 2. The fraction of sp³-hybridized carbons (Fsp3) is 0.667. The maximum absolute atomic E-state index is 11.4. The second-order valence-corrected chi connectivity index (χ2v) is 4.78. The summed E-state index contributed by atoms with van der Waals surface area (Å²) in [7, 11) is 0. The van der Waals surface area contributed by atoms with Crippen LogP contribution in [0, 0.1) is 0 Å². The Morgan fingerprint density at radius 2 is 1.31 bits per heavy atom. The molecule has 0 aromatic rings. The van der Waals surface area contributed by atoms with Crippen molar-refractivity contribution in [3.05, 3.63) is 12.2 Å². The van der Waals surface area contributed by atoms with E-state index >= 15 is 0 Å². The summed E-state index contributed by atoms with van der Waals surface area (Å²) in [5.74, 6) is -0.908. The lowest BCUT2D eigenvalue weighted by Gasteiger charge is -2.39. The fourth-order valence-electron chi connectivity index (χ4n) is 0.924. The molecule has 0 N–H and O–H groups in total. The van der Waals surface area contributed by atoms with Crippen molar-refractivity contribution >= 4 is 11.9 Å². The summed E-state index contributed by atoms with van der Waals surface area (Å²) in [6.07, 6.45) is 0. The molecule has 0 aliphatic heterocycles. The molecule has 4 nitrogen and oxygen atoms in total. The van der Waals surface area contributed by atoms with Gasteiger partial charge in [-0.3, -0.25) is 4.79 Å². The van der Waals surface area contributed by atoms with Gasteiger partial charge in [-0.1, -0.05) is 6.58 Å². The van der Waals surface area contributed by atoms with Crippen LogP contribution >= 0.6 is 0 Å². The molecular weight excluding hydrogens is 208 g/mol. The number of carbonyl (C=O) groups excluding carboxylic acids is 2. The van der Waals surface area contributed by atoms with Crippen molar-refractivity contribution in [3.8, 4) is 0 Å². The molecule has 0 unspecified atom stereocenters. The molecule has 4 heteroatoms. The lowest BCUT2D eigenvalue weighted by Crippen LogP contribution is -2.51. The summed E-state index contributed by atoms with van der Waals surface area (Å²) in [5, 5.41) is 0. The molecule has 0 aliphatic carbocycles. The highest BCUT2D eigenvalue weighted by Crippen LogP contribution is 2.29. The highest BCUT2D eigenvalue weighted by atomic mass is 16.6. The molecule has 0 rings (SSSR count). The molecule has 0 aromatic carbocycles. The molecule has 0 radical (unpaired) electrons. The van der Waals surface area contributed by atoms with Crippen LogP contribution in [0.1, 0.15) is 41.5 Å². The van der Waals surface area contributed by atoms with Gasteiger partial charge in [-0.25, -0.2) is 4.79 Å². The van der Waals surface area contributed by atoms with Crippen molar-refractivity contribution in [2.45, 2.75) is 52.7 Å². The minimum Gasteiger partial charge on any atom is -0.456 e. The second-order valence-electron chi connectivity index (χ2n) is 4.78. The third kappa shape index (κ3) is 3.68. The third-order valence-electron chi connectivity index (χ3n) is 2.55. The molecule has 16 heavy (non-hydrogen) atoms. The first-order valence-corrected chi connectivity index (χ1v) is 5.08. The van der Waals surface area contributed by atoms with E-state index in [1.165, 1.54) is 6.92 Å². The van der Waals surface area contributed by atoms with Gasteiger partial charge in [0.15, 0.2) is 0 Å². The van der Waals surface area contributed by atoms with Crippen molar-refractivity contribution in [1.82, 2.24) is 0 Å². The van der Waals surface area contributed by atoms with Crippen molar-refractivity contribution in [2.24, 2.45) is 0 Å². The third-order valence-corrected chi connectivity index (χ3v) is 2.55. The SMILES string of the molecule is C=C(C)C(=O)OC(C)(C)C(C)(C)OC(C)=O. The second kappa shape index (κ2) is 4.68. The van der Waals surface area contributed by atoms with Gasteiger partial charge in [-0.15, -0.1) is 0 Å². The average Bonchev–Trinajstić information content (AvgIpc) is 1.99. The van der Waals surface area contributed by atoms with Gasteiger partial charge in [-0.2, -0.15) is 0 Å². The molecule has 0 aliphatic rings. The monoisotopic (exact) mass is 228 g/mol. The number of ether oxygens (including phenoxy) is 2. The molecule has 0 atom stereocenters. The zero-order valence-corrected chi connectivity index (χ0v) is 10.8. The quantitative estimate of drug-likeness (QED) is 0.547. The van der Waals surface area contributed by atoms with Crippen molar-refractivity contribution in [1.29, 1.82) is 0 Å². The Balaban J connectivity index is 4.82. The van der Waals surface area contributed by atoms with Crippen molar-refractivity contribution in [3.63, 3.8) is 0 Å². The van der Waals surface area contributed by atoms with Crippen LogP contribution in [0.25, 0.3) is 0 Å². The minimum absolute atomic E-state index is 0.312. The van der Waals surface area contributed by atoms with Gasteiger partial charge in [0, 0.05) is 12.5 Å². The standard InChI is InChI=1S/C12H20O4/c1-8(2)10(14)16-12(6,7)11(4,5)15-9(3)13/h1H2,2-7H3. The van der Waals surface area contributed by atoms with Crippen LogP contribution in [0.4, 0.5) is 0 Å². The fourth-order valence-corrected chi connectivity index (χ4v) is 0.924. The molecule has 0 fully saturated rings. The molecule has 0 amide bonds. The predicted molar refractivity (Wildman–Crippen MR) is 60.8 cm³/mol. The van der Waals surface area contributed by atoms with E-state index in [2.05, 4.69) is 6.58 Å². The molecular formula is C12H20O4. The van der Waals surface area contributed by atoms with Crippen LogP contribution in [-0.4, -0.2) is 23.1 Å². The van der Waals surface area contributed by atoms with Crippen LogP contribution in [0.3, 0.4) is 0 Å². The highest BCUT2D eigenvalue weighted by molar-refractivity contribution is 5.87. The van der Waals surface area contributed by atoms with E-state index in [-0.39, 0.29) is 0 Å². The van der Waals surface area contributed by atoms with Gasteiger partial charge in [0.25, 0.3) is 0 Å². The zero-order valence-electron chi connectivity index (χ0n) is 10.8. The van der Waals surface area contributed by atoms with E-state index in [0.29, 0.717) is 5.57 Å². The summed E-state index contributed by atoms with van der Waals surface area (Å²) in [4.78, 5) is 22.4. The van der Waals surface area contributed by atoms with Gasteiger partial charge in [-0.05, 0) is 34.6 Å². The molecule has 0 heterocycles. The molecule has 0 saturated heterocycles. The summed E-state index contributed by atoms with van der Waals surface area (Å²) in [5.41, 5.74) is -1.51. The minimum atomic E-state index is -0.922. The van der Waals surface area contributed by atoms with Crippen molar-refractivity contribution < 1.29 is 19.1 Å². The van der Waals surface area contributed by atoms with Gasteiger partial charge >= 0.3 is 11.9 Å². The number of carbonyl (C=O) groups is 2. The van der Waals surface area contributed by atoms with E-state index < -0.39 is 23.1 Å². The summed E-state index contributed by atoms with van der Waals surface area (Å²) in [6, 6.07) is 0. The summed E-state index contributed by atoms with van der Waals surface area (Å²) < 4.78 is 10.4. The van der Waals surface area contributed by atoms with Crippen molar-refractivity contribution in [2.75, 3.05) is 0 Å². The van der Waals surface area contributed by atoms with Crippen LogP contribution in [-0.2, 0) is 19.1 Å². The van der Waals surface area contributed by atoms with E-state index in [4.69, 9.17) is 9.47 Å². The first kappa shape index (κ1) is 14.7. The number of hydrogen-bond acceptors (Lipinski definition) is 4. The molecule has 0 spiro atoms. The van der Waals surface area contributed by atoms with Crippen LogP contribution < -0.4 is 0 Å². The Bertz CT molecular complexity index is 313. The topological polar surface area (TPSA) is 52.6 Å². The Morgan fingerprint density at radius 1 is 0.938 bits per heavy atom. The summed E-state index contributed by atoms with van der Waals surface area (Å²) >= 11 is 0. The number of hydrogen-bond donors (Lipinski definition) is 0. The van der Waals surface area contributed by atoms with Crippen LogP contribution in [0.2, 0.25) is 0 Å². The Hall–Kier alpha value is -1.32. The Labute approximate surface area is 96.6 Å². The Kier molecular flexibility index (Phi) is 4.29. The number of rotatable bonds is 4. The summed E-state index contributed by atoms with van der Waals surface area (Å²) in [6.45, 7) is 13.2. The molecule has 92 valence electrons. The van der Waals surface area contributed by atoms with Crippen LogP contribution in [0.15, 0.2) is 12.2 Å².